The number of aromatic hydroxyl groups is 1. The average Bonchev–Trinajstić information content (AvgIpc) is 2.29. The lowest BCUT2D eigenvalue weighted by Crippen LogP contribution is -2.35. The minimum Gasteiger partial charge on any atom is -0.507 e. The van der Waals surface area contributed by atoms with Gasteiger partial charge in [0.25, 0.3) is 0 Å². The second kappa shape index (κ2) is 4.80. The van der Waals surface area contributed by atoms with Crippen LogP contribution in [0.2, 0.25) is 0 Å². The van der Waals surface area contributed by atoms with Crippen LogP contribution in [-0.4, -0.2) is 31.1 Å². The van der Waals surface area contributed by atoms with E-state index in [1.54, 1.807) is 0 Å². The molecule has 0 aromatic heterocycles. The number of hydrogen-bond acceptors (Lipinski definition) is 4. The van der Waals surface area contributed by atoms with Gasteiger partial charge in [0, 0.05) is 17.3 Å². The van der Waals surface area contributed by atoms with E-state index in [2.05, 4.69) is 5.32 Å². The number of anilines is 1. The molecule has 0 spiro atoms. The van der Waals surface area contributed by atoms with Gasteiger partial charge in [-0.05, 0) is 38.3 Å². The highest BCUT2D eigenvalue weighted by atomic mass is 32.2. The van der Waals surface area contributed by atoms with Crippen molar-refractivity contribution in [1.82, 2.24) is 0 Å². The quantitative estimate of drug-likeness (QED) is 0.861. The highest BCUT2D eigenvalue weighted by Crippen LogP contribution is 2.29. The Morgan fingerprint density at radius 1 is 1.33 bits per heavy atom. The van der Waals surface area contributed by atoms with Crippen molar-refractivity contribution in [2.45, 2.75) is 32.7 Å². The normalized spacial score (nSPS) is 22.7. The first-order chi connectivity index (χ1) is 8.39. The highest BCUT2D eigenvalue weighted by molar-refractivity contribution is 7.91. The average molecular weight is 269 g/mol. The van der Waals surface area contributed by atoms with Crippen LogP contribution in [0.5, 0.6) is 5.75 Å². The molecule has 18 heavy (non-hydrogen) atoms. The lowest BCUT2D eigenvalue weighted by molar-refractivity contribution is 0.467. The Morgan fingerprint density at radius 2 is 2.06 bits per heavy atom. The molecule has 1 fully saturated rings. The van der Waals surface area contributed by atoms with Crippen LogP contribution in [0.25, 0.3) is 0 Å². The van der Waals surface area contributed by atoms with Crippen LogP contribution in [0, 0.1) is 13.8 Å². The molecule has 1 aliphatic rings. The third-order valence-electron chi connectivity index (χ3n) is 3.46. The fraction of sp³-hybridized carbons (Fsp3) is 0.538. The summed E-state index contributed by atoms with van der Waals surface area (Å²) < 4.78 is 23.1. The molecule has 100 valence electrons. The molecular weight excluding hydrogens is 250 g/mol. The number of aryl methyl sites for hydroxylation is 1. The first-order valence-corrected chi connectivity index (χ1v) is 7.97. The van der Waals surface area contributed by atoms with Gasteiger partial charge >= 0.3 is 0 Å². The molecule has 5 heteroatoms. The van der Waals surface area contributed by atoms with Crippen LogP contribution >= 0.6 is 0 Å². The van der Waals surface area contributed by atoms with Crippen molar-refractivity contribution < 1.29 is 13.5 Å². The van der Waals surface area contributed by atoms with E-state index in [-0.39, 0.29) is 17.5 Å². The molecule has 1 atom stereocenters. The predicted molar refractivity (Wildman–Crippen MR) is 72.9 cm³/mol. The molecule has 0 aliphatic carbocycles. The largest absolute Gasteiger partial charge is 0.507 e. The summed E-state index contributed by atoms with van der Waals surface area (Å²) in [5.41, 5.74) is 2.42. The lowest BCUT2D eigenvalue weighted by atomic mass is 10.1. The summed E-state index contributed by atoms with van der Waals surface area (Å²) in [5, 5.41) is 13.1. The number of hydrogen-bond donors (Lipinski definition) is 2. The van der Waals surface area contributed by atoms with Crippen molar-refractivity contribution in [3.8, 4) is 5.75 Å². The Hall–Kier alpha value is -1.23. The fourth-order valence-electron chi connectivity index (χ4n) is 2.35. The van der Waals surface area contributed by atoms with E-state index < -0.39 is 9.84 Å². The van der Waals surface area contributed by atoms with Crippen molar-refractivity contribution in [3.63, 3.8) is 0 Å². The maximum Gasteiger partial charge on any atom is 0.152 e. The van der Waals surface area contributed by atoms with Crippen LogP contribution in [0.1, 0.15) is 24.0 Å². The topological polar surface area (TPSA) is 66.4 Å². The van der Waals surface area contributed by atoms with Crippen molar-refractivity contribution in [1.29, 1.82) is 0 Å². The Labute approximate surface area is 108 Å². The zero-order valence-electron chi connectivity index (χ0n) is 10.7. The first-order valence-electron chi connectivity index (χ1n) is 6.15. The molecule has 1 heterocycles. The van der Waals surface area contributed by atoms with Gasteiger partial charge in [-0.25, -0.2) is 8.42 Å². The van der Waals surface area contributed by atoms with E-state index in [1.807, 2.05) is 26.0 Å². The van der Waals surface area contributed by atoms with E-state index in [0.717, 1.165) is 23.2 Å². The zero-order chi connectivity index (χ0) is 13.3. The SMILES string of the molecule is Cc1ccc(NC2CCCS(=O)(=O)C2)c(C)c1O. The smallest absolute Gasteiger partial charge is 0.152 e. The number of rotatable bonds is 2. The second-order valence-electron chi connectivity index (χ2n) is 5.00. The maximum absolute atomic E-state index is 11.6. The van der Waals surface area contributed by atoms with Crippen LogP contribution in [0.3, 0.4) is 0 Å². The Morgan fingerprint density at radius 3 is 2.72 bits per heavy atom. The number of phenols is 1. The van der Waals surface area contributed by atoms with Gasteiger partial charge in [-0.15, -0.1) is 0 Å². The summed E-state index contributed by atoms with van der Waals surface area (Å²) in [6, 6.07) is 3.68. The van der Waals surface area contributed by atoms with Crippen molar-refractivity contribution >= 4 is 15.5 Å². The molecule has 1 aliphatic heterocycles. The molecule has 0 amide bonds. The summed E-state index contributed by atoms with van der Waals surface area (Å²) in [5.74, 6) is 0.753. The molecule has 1 saturated heterocycles. The molecule has 0 saturated carbocycles. The standard InChI is InChI=1S/C13H19NO3S/c1-9-5-6-12(10(2)13(9)15)14-11-4-3-7-18(16,17)8-11/h5-6,11,14-15H,3-4,7-8H2,1-2H3. The summed E-state index contributed by atoms with van der Waals surface area (Å²) >= 11 is 0. The lowest BCUT2D eigenvalue weighted by Gasteiger charge is -2.25. The van der Waals surface area contributed by atoms with Crippen LogP contribution < -0.4 is 5.32 Å². The molecule has 0 radical (unpaired) electrons. The van der Waals surface area contributed by atoms with Crippen molar-refractivity contribution in [3.05, 3.63) is 23.3 Å². The van der Waals surface area contributed by atoms with E-state index in [0.29, 0.717) is 12.2 Å². The second-order valence-corrected chi connectivity index (χ2v) is 7.23. The Bertz CT molecular complexity index is 552. The fourth-order valence-corrected chi connectivity index (χ4v) is 3.98. The van der Waals surface area contributed by atoms with Gasteiger partial charge in [0.2, 0.25) is 0 Å². The van der Waals surface area contributed by atoms with Crippen molar-refractivity contribution in [2.24, 2.45) is 0 Å². The summed E-state index contributed by atoms with van der Waals surface area (Å²) in [4.78, 5) is 0. The van der Waals surface area contributed by atoms with Gasteiger partial charge in [-0.1, -0.05) is 6.07 Å². The molecule has 2 N–H and O–H groups in total. The minimum absolute atomic E-state index is 0.0513. The molecule has 1 unspecified atom stereocenters. The molecule has 1 aromatic carbocycles. The number of phenolic OH excluding ortho intramolecular Hbond substituents is 1. The molecule has 2 rings (SSSR count). The van der Waals surface area contributed by atoms with E-state index >= 15 is 0 Å². The third kappa shape index (κ3) is 2.77. The molecule has 1 aromatic rings. The van der Waals surface area contributed by atoms with Crippen LogP contribution in [0.4, 0.5) is 5.69 Å². The molecular formula is C13H19NO3S. The minimum atomic E-state index is -2.91. The van der Waals surface area contributed by atoms with E-state index in [1.165, 1.54) is 0 Å². The number of benzene rings is 1. The Balaban J connectivity index is 2.17. The Kier molecular flexibility index (Phi) is 3.52. The first kappa shape index (κ1) is 13.2. The number of sulfone groups is 1. The van der Waals surface area contributed by atoms with E-state index in [9.17, 15) is 13.5 Å². The van der Waals surface area contributed by atoms with Crippen molar-refractivity contribution in [2.75, 3.05) is 16.8 Å². The zero-order valence-corrected chi connectivity index (χ0v) is 11.5. The van der Waals surface area contributed by atoms with Crippen LogP contribution in [0.15, 0.2) is 12.1 Å². The van der Waals surface area contributed by atoms with Gasteiger partial charge in [0.1, 0.15) is 5.75 Å². The van der Waals surface area contributed by atoms with Crippen LogP contribution in [-0.2, 0) is 9.84 Å². The molecule has 4 nitrogen and oxygen atoms in total. The predicted octanol–water partition coefficient (Wildman–Crippen LogP) is 2.00. The monoisotopic (exact) mass is 269 g/mol. The van der Waals surface area contributed by atoms with Gasteiger partial charge in [0.15, 0.2) is 9.84 Å². The van der Waals surface area contributed by atoms with Gasteiger partial charge < -0.3 is 10.4 Å². The highest BCUT2D eigenvalue weighted by Gasteiger charge is 2.25. The molecule has 0 bridgehead atoms. The number of nitrogens with one attached hydrogen (secondary N) is 1. The summed E-state index contributed by atoms with van der Waals surface area (Å²) in [6.07, 6.45) is 1.56. The summed E-state index contributed by atoms with van der Waals surface area (Å²) in [7, 11) is -2.91. The summed E-state index contributed by atoms with van der Waals surface area (Å²) in [6.45, 7) is 3.68. The van der Waals surface area contributed by atoms with E-state index in [4.69, 9.17) is 0 Å². The maximum atomic E-state index is 11.6. The third-order valence-corrected chi connectivity index (χ3v) is 5.28. The van der Waals surface area contributed by atoms with Gasteiger partial charge in [0.05, 0.1) is 11.5 Å². The van der Waals surface area contributed by atoms with Gasteiger partial charge in [-0.3, -0.25) is 0 Å². The van der Waals surface area contributed by atoms with Gasteiger partial charge in [-0.2, -0.15) is 0 Å².